The summed E-state index contributed by atoms with van der Waals surface area (Å²) in [4.78, 5) is 28.1. The lowest BCUT2D eigenvalue weighted by Gasteiger charge is -2.27. The zero-order valence-electron chi connectivity index (χ0n) is 19.0. The molecule has 1 aliphatic heterocycles. The number of ether oxygens (including phenoxy) is 2. The number of amides is 1. The number of aliphatic hydroxyl groups excluding tert-OH is 1. The van der Waals surface area contributed by atoms with Gasteiger partial charge in [-0.15, -0.1) is 0 Å². The van der Waals surface area contributed by atoms with Crippen molar-refractivity contribution in [1.82, 2.24) is 0 Å². The molecule has 0 radical (unpaired) electrons. The van der Waals surface area contributed by atoms with Gasteiger partial charge in [-0.2, -0.15) is 0 Å². The third kappa shape index (κ3) is 4.01. The van der Waals surface area contributed by atoms with Crippen LogP contribution in [0.15, 0.2) is 72.3 Å². The second kappa shape index (κ2) is 9.61. The summed E-state index contributed by atoms with van der Waals surface area (Å²) in [6.45, 7) is 2.04. The number of aryl methyl sites for hydroxylation is 1. The lowest BCUT2D eigenvalue weighted by Crippen LogP contribution is -2.29. The molecule has 34 heavy (non-hydrogen) atoms. The van der Waals surface area contributed by atoms with Gasteiger partial charge in [-0.3, -0.25) is 14.5 Å². The van der Waals surface area contributed by atoms with E-state index < -0.39 is 17.7 Å². The third-order valence-corrected chi connectivity index (χ3v) is 6.15. The lowest BCUT2D eigenvalue weighted by molar-refractivity contribution is -0.132. The zero-order chi connectivity index (χ0) is 24.4. The van der Waals surface area contributed by atoms with E-state index >= 15 is 0 Å². The van der Waals surface area contributed by atoms with Gasteiger partial charge in [-0.25, -0.2) is 0 Å². The number of aliphatic hydroxyl groups is 1. The molecule has 1 heterocycles. The maximum Gasteiger partial charge on any atom is 0.300 e. The molecule has 1 fully saturated rings. The molecular formula is C27H24ClNO5. The van der Waals surface area contributed by atoms with Crippen LogP contribution in [0.1, 0.15) is 29.7 Å². The first kappa shape index (κ1) is 23.4. The molecule has 7 heteroatoms. The van der Waals surface area contributed by atoms with E-state index in [2.05, 4.69) is 0 Å². The quantitative estimate of drug-likeness (QED) is 0.286. The largest absolute Gasteiger partial charge is 0.507 e. The molecule has 0 saturated carbocycles. The molecular weight excluding hydrogens is 454 g/mol. The normalized spacial score (nSPS) is 17.2. The average molecular weight is 478 g/mol. The number of halogens is 1. The highest BCUT2D eigenvalue weighted by Gasteiger charge is 2.48. The molecule has 1 saturated heterocycles. The van der Waals surface area contributed by atoms with Crippen molar-refractivity contribution in [3.05, 3.63) is 94.0 Å². The summed E-state index contributed by atoms with van der Waals surface area (Å²) in [6, 6.07) is 18.3. The SMILES string of the molecule is CCc1ccc(N2C(=O)C(=O)/C(=C(/O)c3cc(Cl)ccc3OC)C2c2ccccc2OC)cc1. The van der Waals surface area contributed by atoms with Gasteiger partial charge in [0.05, 0.1) is 31.4 Å². The Bertz CT molecular complexity index is 1280. The number of ketones is 1. The maximum absolute atomic E-state index is 13.4. The number of carbonyl (C=O) groups excluding carboxylic acids is 2. The van der Waals surface area contributed by atoms with Crippen LogP contribution < -0.4 is 14.4 Å². The number of methoxy groups -OCH3 is 2. The Labute approximate surface area is 203 Å². The van der Waals surface area contributed by atoms with Gasteiger partial charge < -0.3 is 14.6 Å². The molecule has 1 N–H and O–H groups in total. The van der Waals surface area contributed by atoms with E-state index in [1.54, 1.807) is 48.5 Å². The topological polar surface area (TPSA) is 76.1 Å². The smallest absolute Gasteiger partial charge is 0.300 e. The van der Waals surface area contributed by atoms with Crippen molar-refractivity contribution in [2.75, 3.05) is 19.1 Å². The van der Waals surface area contributed by atoms with Gasteiger partial charge in [-0.05, 0) is 48.4 Å². The van der Waals surface area contributed by atoms with Gasteiger partial charge in [0.15, 0.2) is 0 Å². The van der Waals surface area contributed by atoms with Crippen LogP contribution in [-0.4, -0.2) is 31.0 Å². The second-order valence-electron chi connectivity index (χ2n) is 7.78. The summed E-state index contributed by atoms with van der Waals surface area (Å²) >= 11 is 6.17. The van der Waals surface area contributed by atoms with Gasteiger partial charge in [0.25, 0.3) is 11.7 Å². The van der Waals surface area contributed by atoms with Crippen LogP contribution in [0.2, 0.25) is 5.02 Å². The van der Waals surface area contributed by atoms with E-state index in [1.807, 2.05) is 19.1 Å². The van der Waals surface area contributed by atoms with Crippen LogP contribution in [0, 0.1) is 0 Å². The number of carbonyl (C=O) groups is 2. The first-order chi connectivity index (χ1) is 16.4. The van der Waals surface area contributed by atoms with Crippen LogP contribution in [0.3, 0.4) is 0 Å². The fourth-order valence-electron chi connectivity index (χ4n) is 4.19. The molecule has 3 aromatic rings. The highest BCUT2D eigenvalue weighted by molar-refractivity contribution is 6.51. The van der Waals surface area contributed by atoms with E-state index in [0.717, 1.165) is 12.0 Å². The van der Waals surface area contributed by atoms with Crippen LogP contribution >= 0.6 is 11.6 Å². The second-order valence-corrected chi connectivity index (χ2v) is 8.21. The lowest BCUT2D eigenvalue weighted by atomic mass is 9.94. The summed E-state index contributed by atoms with van der Waals surface area (Å²) in [5, 5.41) is 11.7. The molecule has 0 spiro atoms. The summed E-state index contributed by atoms with van der Waals surface area (Å²) in [7, 11) is 2.96. The van der Waals surface area contributed by atoms with Crippen molar-refractivity contribution in [2.45, 2.75) is 19.4 Å². The Morgan fingerprint density at radius 2 is 1.65 bits per heavy atom. The molecule has 3 aromatic carbocycles. The number of benzene rings is 3. The molecule has 1 atom stereocenters. The van der Waals surface area contributed by atoms with Crippen LogP contribution in [0.25, 0.3) is 5.76 Å². The molecule has 0 aromatic heterocycles. The molecule has 1 unspecified atom stereocenters. The first-order valence-electron chi connectivity index (χ1n) is 10.8. The third-order valence-electron chi connectivity index (χ3n) is 5.92. The predicted octanol–water partition coefficient (Wildman–Crippen LogP) is 5.55. The first-order valence-corrected chi connectivity index (χ1v) is 11.2. The molecule has 0 bridgehead atoms. The molecule has 174 valence electrons. The average Bonchev–Trinajstić information content (AvgIpc) is 3.13. The minimum absolute atomic E-state index is 0.0744. The molecule has 1 amide bonds. The van der Waals surface area contributed by atoms with E-state index in [0.29, 0.717) is 27.8 Å². The van der Waals surface area contributed by atoms with Crippen molar-refractivity contribution in [2.24, 2.45) is 0 Å². The Morgan fingerprint density at radius 1 is 0.971 bits per heavy atom. The standard InChI is InChI=1S/C27H24ClNO5/c1-4-16-9-12-18(13-10-16)29-24(19-7-5-6-8-21(19)33-2)23(26(31)27(29)32)25(30)20-15-17(28)11-14-22(20)34-3/h5-15,24,30H,4H2,1-3H3/b25-23+. The van der Waals surface area contributed by atoms with Gasteiger partial charge in [0.2, 0.25) is 0 Å². The van der Waals surface area contributed by atoms with Gasteiger partial charge in [-0.1, -0.05) is 48.9 Å². The number of para-hydroxylation sites is 1. The van der Waals surface area contributed by atoms with Gasteiger partial charge in [0.1, 0.15) is 17.3 Å². The fraction of sp³-hybridized carbons (Fsp3) is 0.185. The minimum atomic E-state index is -0.924. The van der Waals surface area contributed by atoms with E-state index in [-0.39, 0.29) is 16.9 Å². The molecule has 0 aliphatic carbocycles. The summed E-state index contributed by atoms with van der Waals surface area (Å²) in [6.07, 6.45) is 0.837. The van der Waals surface area contributed by atoms with Gasteiger partial charge >= 0.3 is 0 Å². The zero-order valence-corrected chi connectivity index (χ0v) is 19.8. The van der Waals surface area contributed by atoms with Crippen LogP contribution in [-0.2, 0) is 16.0 Å². The predicted molar refractivity (Wildman–Crippen MR) is 132 cm³/mol. The van der Waals surface area contributed by atoms with Crippen molar-refractivity contribution < 1.29 is 24.2 Å². The van der Waals surface area contributed by atoms with Crippen molar-refractivity contribution in [3.63, 3.8) is 0 Å². The number of nitrogens with zero attached hydrogens (tertiary/aromatic N) is 1. The molecule has 6 nitrogen and oxygen atoms in total. The summed E-state index contributed by atoms with van der Waals surface area (Å²) < 4.78 is 10.9. The maximum atomic E-state index is 13.4. The summed E-state index contributed by atoms with van der Waals surface area (Å²) in [5.41, 5.74) is 2.33. The van der Waals surface area contributed by atoms with Crippen LogP contribution in [0.4, 0.5) is 5.69 Å². The van der Waals surface area contributed by atoms with E-state index in [9.17, 15) is 14.7 Å². The van der Waals surface area contributed by atoms with Crippen molar-refractivity contribution in [1.29, 1.82) is 0 Å². The number of anilines is 1. The Kier molecular flexibility index (Phi) is 6.61. The highest BCUT2D eigenvalue weighted by atomic mass is 35.5. The van der Waals surface area contributed by atoms with Crippen molar-refractivity contribution >= 4 is 34.7 Å². The Morgan fingerprint density at radius 3 is 2.29 bits per heavy atom. The Hall–Kier alpha value is -3.77. The number of Topliss-reactive ketones (excluding diaryl/α,β-unsaturated/α-hetero) is 1. The van der Waals surface area contributed by atoms with Crippen LogP contribution in [0.5, 0.6) is 11.5 Å². The fourth-order valence-corrected chi connectivity index (χ4v) is 4.36. The monoisotopic (exact) mass is 477 g/mol. The number of rotatable bonds is 6. The van der Waals surface area contributed by atoms with Crippen molar-refractivity contribution in [3.8, 4) is 11.5 Å². The number of hydrogen-bond donors (Lipinski definition) is 1. The van der Waals surface area contributed by atoms with E-state index in [1.165, 1.54) is 25.2 Å². The van der Waals surface area contributed by atoms with Gasteiger partial charge in [0, 0.05) is 16.3 Å². The highest BCUT2D eigenvalue weighted by Crippen LogP contribution is 2.45. The molecule has 4 rings (SSSR count). The number of hydrogen-bond acceptors (Lipinski definition) is 5. The Balaban J connectivity index is 2.00. The minimum Gasteiger partial charge on any atom is -0.507 e. The molecule has 1 aliphatic rings. The summed E-state index contributed by atoms with van der Waals surface area (Å²) in [5.74, 6) is -1.13. The van der Waals surface area contributed by atoms with E-state index in [4.69, 9.17) is 21.1 Å².